The lowest BCUT2D eigenvalue weighted by atomic mass is 9.97. The van der Waals surface area contributed by atoms with E-state index in [1.54, 1.807) is 0 Å². The SMILES string of the molecule is FC(F)(F)c1ccnc(N[C@H]2CCO[C@H](c3ccccc3)C2)n1. The third-order valence-corrected chi connectivity index (χ3v) is 3.73. The van der Waals surface area contributed by atoms with Crippen molar-refractivity contribution in [3.8, 4) is 0 Å². The maximum absolute atomic E-state index is 12.7. The van der Waals surface area contributed by atoms with Gasteiger partial charge < -0.3 is 10.1 Å². The second kappa shape index (κ2) is 6.54. The first-order valence-corrected chi connectivity index (χ1v) is 7.36. The number of nitrogens with one attached hydrogen (secondary N) is 1. The fourth-order valence-corrected chi connectivity index (χ4v) is 2.60. The topological polar surface area (TPSA) is 47.0 Å². The van der Waals surface area contributed by atoms with Crippen molar-refractivity contribution >= 4 is 5.95 Å². The molecule has 2 heterocycles. The van der Waals surface area contributed by atoms with E-state index in [1.165, 1.54) is 0 Å². The molecule has 2 atom stereocenters. The normalized spacial score (nSPS) is 21.9. The molecule has 0 spiro atoms. The Morgan fingerprint density at radius 3 is 2.65 bits per heavy atom. The van der Waals surface area contributed by atoms with Gasteiger partial charge in [-0.1, -0.05) is 30.3 Å². The Morgan fingerprint density at radius 1 is 1.13 bits per heavy atom. The van der Waals surface area contributed by atoms with Gasteiger partial charge in [0.05, 0.1) is 6.10 Å². The van der Waals surface area contributed by atoms with Crippen molar-refractivity contribution in [1.29, 1.82) is 0 Å². The Labute approximate surface area is 131 Å². The highest BCUT2D eigenvalue weighted by molar-refractivity contribution is 5.28. The number of ether oxygens (including phenoxy) is 1. The maximum atomic E-state index is 12.7. The number of nitrogens with zero attached hydrogens (tertiary/aromatic N) is 2. The largest absolute Gasteiger partial charge is 0.433 e. The molecule has 1 fully saturated rings. The minimum Gasteiger partial charge on any atom is -0.373 e. The predicted octanol–water partition coefficient (Wildman–Crippen LogP) is 3.83. The molecule has 3 rings (SSSR count). The number of hydrogen-bond acceptors (Lipinski definition) is 4. The van der Waals surface area contributed by atoms with Crippen LogP contribution in [0.2, 0.25) is 0 Å². The third-order valence-electron chi connectivity index (χ3n) is 3.73. The molecule has 2 aromatic rings. The monoisotopic (exact) mass is 323 g/mol. The first-order valence-electron chi connectivity index (χ1n) is 7.36. The number of anilines is 1. The number of halogens is 3. The van der Waals surface area contributed by atoms with Crippen LogP contribution in [0.3, 0.4) is 0 Å². The predicted molar refractivity (Wildman–Crippen MR) is 78.8 cm³/mol. The van der Waals surface area contributed by atoms with Crippen LogP contribution in [0.1, 0.15) is 30.2 Å². The van der Waals surface area contributed by atoms with E-state index >= 15 is 0 Å². The molecule has 1 aromatic heterocycles. The summed E-state index contributed by atoms with van der Waals surface area (Å²) in [6.45, 7) is 0.538. The maximum Gasteiger partial charge on any atom is 0.433 e. The summed E-state index contributed by atoms with van der Waals surface area (Å²) in [6.07, 6.45) is -2.08. The Bertz CT molecular complexity index is 649. The van der Waals surface area contributed by atoms with Gasteiger partial charge in [0, 0.05) is 18.8 Å². The zero-order chi connectivity index (χ0) is 16.3. The smallest absolute Gasteiger partial charge is 0.373 e. The van der Waals surface area contributed by atoms with Gasteiger partial charge in [-0.2, -0.15) is 13.2 Å². The summed E-state index contributed by atoms with van der Waals surface area (Å²) in [5.41, 5.74) is 0.116. The van der Waals surface area contributed by atoms with Crippen LogP contribution in [0.5, 0.6) is 0 Å². The lowest BCUT2D eigenvalue weighted by molar-refractivity contribution is -0.141. The average molecular weight is 323 g/mol. The second-order valence-corrected chi connectivity index (χ2v) is 5.40. The number of hydrogen-bond donors (Lipinski definition) is 1. The van der Waals surface area contributed by atoms with E-state index in [2.05, 4.69) is 15.3 Å². The van der Waals surface area contributed by atoms with Gasteiger partial charge in [-0.3, -0.25) is 0 Å². The van der Waals surface area contributed by atoms with Crippen molar-refractivity contribution in [3.63, 3.8) is 0 Å². The number of benzene rings is 1. The molecule has 122 valence electrons. The number of aromatic nitrogens is 2. The van der Waals surface area contributed by atoms with Crippen molar-refractivity contribution in [1.82, 2.24) is 9.97 Å². The minimum absolute atomic E-state index is 0.00135. The van der Waals surface area contributed by atoms with Gasteiger partial charge >= 0.3 is 6.18 Å². The Hall–Kier alpha value is -2.15. The summed E-state index contributed by atoms with van der Waals surface area (Å²) < 4.78 is 43.8. The summed E-state index contributed by atoms with van der Waals surface area (Å²) >= 11 is 0. The summed E-state index contributed by atoms with van der Waals surface area (Å²) in [6, 6.07) is 10.6. The van der Waals surface area contributed by atoms with E-state index in [4.69, 9.17) is 4.74 Å². The summed E-state index contributed by atoms with van der Waals surface area (Å²) in [7, 11) is 0. The van der Waals surface area contributed by atoms with Crippen LogP contribution in [-0.4, -0.2) is 22.6 Å². The van der Waals surface area contributed by atoms with Gasteiger partial charge in [-0.25, -0.2) is 9.97 Å². The van der Waals surface area contributed by atoms with Gasteiger partial charge in [-0.15, -0.1) is 0 Å². The van der Waals surface area contributed by atoms with Crippen LogP contribution < -0.4 is 5.32 Å². The highest BCUT2D eigenvalue weighted by Gasteiger charge is 2.33. The molecule has 4 nitrogen and oxygen atoms in total. The highest BCUT2D eigenvalue weighted by Crippen LogP contribution is 2.30. The van der Waals surface area contributed by atoms with E-state index in [0.717, 1.165) is 17.8 Å². The molecule has 1 aliphatic rings. The Morgan fingerprint density at radius 2 is 1.91 bits per heavy atom. The van der Waals surface area contributed by atoms with E-state index in [9.17, 15) is 13.2 Å². The summed E-state index contributed by atoms with van der Waals surface area (Å²) in [5.74, 6) is -0.00135. The molecule has 0 saturated carbocycles. The molecule has 0 unspecified atom stereocenters. The van der Waals surface area contributed by atoms with Crippen LogP contribution >= 0.6 is 0 Å². The molecule has 7 heteroatoms. The highest BCUT2D eigenvalue weighted by atomic mass is 19.4. The Balaban J connectivity index is 1.68. The fourth-order valence-electron chi connectivity index (χ4n) is 2.60. The molecule has 0 aliphatic carbocycles. The standard InChI is InChI=1S/C16H16F3N3O/c17-16(18,19)14-6-8-20-15(22-14)21-12-7-9-23-13(10-12)11-4-2-1-3-5-11/h1-6,8,12-13H,7,9-10H2,(H,20,21,22)/t12-,13-/m0/s1. The number of alkyl halides is 3. The third kappa shape index (κ3) is 3.98. The molecule has 0 bridgehead atoms. The van der Waals surface area contributed by atoms with Gasteiger partial charge in [0.15, 0.2) is 0 Å². The molecule has 0 radical (unpaired) electrons. The van der Waals surface area contributed by atoms with Gasteiger partial charge in [-0.05, 0) is 24.5 Å². The fraction of sp³-hybridized carbons (Fsp3) is 0.375. The molecule has 1 aromatic carbocycles. The Kier molecular flexibility index (Phi) is 4.47. The van der Waals surface area contributed by atoms with Crippen molar-refractivity contribution < 1.29 is 17.9 Å². The van der Waals surface area contributed by atoms with Gasteiger partial charge in [0.25, 0.3) is 0 Å². The van der Waals surface area contributed by atoms with E-state index in [1.807, 2.05) is 30.3 Å². The molecule has 23 heavy (non-hydrogen) atoms. The van der Waals surface area contributed by atoms with Crippen molar-refractivity contribution in [3.05, 3.63) is 53.9 Å². The lowest BCUT2D eigenvalue weighted by Gasteiger charge is -2.30. The van der Waals surface area contributed by atoms with Crippen LogP contribution in [0, 0.1) is 0 Å². The van der Waals surface area contributed by atoms with Crippen LogP contribution in [0.15, 0.2) is 42.6 Å². The van der Waals surface area contributed by atoms with Crippen molar-refractivity contribution in [2.45, 2.75) is 31.2 Å². The van der Waals surface area contributed by atoms with Gasteiger partial charge in [0.1, 0.15) is 5.69 Å². The minimum atomic E-state index is -4.47. The first kappa shape index (κ1) is 15.7. The molecule has 1 N–H and O–H groups in total. The average Bonchev–Trinajstić information content (AvgIpc) is 2.55. The van der Waals surface area contributed by atoms with E-state index in [0.29, 0.717) is 19.4 Å². The molecule has 1 aliphatic heterocycles. The zero-order valence-corrected chi connectivity index (χ0v) is 12.3. The molecule has 1 saturated heterocycles. The van der Waals surface area contributed by atoms with Crippen LogP contribution in [-0.2, 0) is 10.9 Å². The van der Waals surface area contributed by atoms with Crippen LogP contribution in [0.25, 0.3) is 0 Å². The second-order valence-electron chi connectivity index (χ2n) is 5.40. The summed E-state index contributed by atoms with van der Waals surface area (Å²) in [4.78, 5) is 7.43. The van der Waals surface area contributed by atoms with Crippen molar-refractivity contribution in [2.75, 3.05) is 11.9 Å². The number of rotatable bonds is 3. The van der Waals surface area contributed by atoms with E-state index in [-0.39, 0.29) is 18.1 Å². The lowest BCUT2D eigenvalue weighted by Crippen LogP contribution is -2.31. The van der Waals surface area contributed by atoms with Crippen LogP contribution in [0.4, 0.5) is 19.1 Å². The first-order chi connectivity index (χ1) is 11.0. The van der Waals surface area contributed by atoms with Gasteiger partial charge in [0.2, 0.25) is 5.95 Å². The summed E-state index contributed by atoms with van der Waals surface area (Å²) in [5, 5.41) is 2.99. The zero-order valence-electron chi connectivity index (χ0n) is 12.3. The molecule has 0 amide bonds. The van der Waals surface area contributed by atoms with E-state index < -0.39 is 11.9 Å². The molecular formula is C16H16F3N3O. The molecular weight excluding hydrogens is 307 g/mol. The van der Waals surface area contributed by atoms with Crippen molar-refractivity contribution in [2.24, 2.45) is 0 Å². The quantitative estimate of drug-likeness (QED) is 0.932.